The van der Waals surface area contributed by atoms with Crippen LogP contribution in [0.25, 0.3) is 0 Å². The second-order valence-electron chi connectivity index (χ2n) is 3.34. The van der Waals surface area contributed by atoms with Gasteiger partial charge in [0.15, 0.2) is 0 Å². The highest BCUT2D eigenvalue weighted by Gasteiger charge is 2.04. The molecule has 82 valence electrons. The molecule has 0 bridgehead atoms. The van der Waals surface area contributed by atoms with Gasteiger partial charge in [0, 0.05) is 6.42 Å². The van der Waals surface area contributed by atoms with Gasteiger partial charge in [-0.1, -0.05) is 32.6 Å². The Kier molecular flexibility index (Phi) is 8.13. The van der Waals surface area contributed by atoms with Crippen molar-refractivity contribution in [3.05, 3.63) is 0 Å². The summed E-state index contributed by atoms with van der Waals surface area (Å²) in [6.45, 7) is 2.02. The van der Waals surface area contributed by atoms with Gasteiger partial charge in [-0.25, -0.2) is 0 Å². The van der Waals surface area contributed by atoms with Crippen LogP contribution in [-0.4, -0.2) is 18.4 Å². The first kappa shape index (κ1) is 13.1. The van der Waals surface area contributed by atoms with Crippen molar-refractivity contribution >= 4 is 11.8 Å². The average molecular weight is 200 g/mol. The van der Waals surface area contributed by atoms with Crippen molar-refractivity contribution in [1.82, 2.24) is 5.32 Å². The summed E-state index contributed by atoms with van der Waals surface area (Å²) in [5.74, 6) is -0.611. The second kappa shape index (κ2) is 8.69. The number of hydrogen-bond donors (Lipinski definition) is 2. The van der Waals surface area contributed by atoms with Crippen molar-refractivity contribution in [2.75, 3.05) is 6.54 Å². The summed E-state index contributed by atoms with van der Waals surface area (Å²) in [7, 11) is 0. The Bertz CT molecular complexity index is 181. The lowest BCUT2D eigenvalue weighted by molar-refractivity contribution is -0.129. The first-order valence-corrected chi connectivity index (χ1v) is 5.23. The van der Waals surface area contributed by atoms with Crippen LogP contribution >= 0.6 is 0 Å². The molecule has 0 unspecified atom stereocenters. The lowest BCUT2D eigenvalue weighted by Gasteiger charge is -2.01. The zero-order valence-electron chi connectivity index (χ0n) is 8.84. The second-order valence-corrected chi connectivity index (χ2v) is 3.34. The number of unbranched alkanes of at least 4 members (excludes halogenated alkanes) is 4. The van der Waals surface area contributed by atoms with Gasteiger partial charge in [-0.05, 0) is 6.42 Å². The number of rotatable bonds is 7. The Hall–Kier alpha value is -0.900. The highest BCUT2D eigenvalue weighted by molar-refractivity contribution is 5.95. The van der Waals surface area contributed by atoms with Crippen LogP contribution in [0.15, 0.2) is 0 Å². The quantitative estimate of drug-likeness (QED) is 0.601. The number of nitrogens with one attached hydrogen (secondary N) is 1. The molecule has 0 aliphatic rings. The van der Waals surface area contributed by atoms with E-state index in [0.717, 1.165) is 19.3 Å². The minimum Gasteiger partial charge on any atom is -0.322 e. The van der Waals surface area contributed by atoms with E-state index in [1.807, 2.05) is 0 Å². The zero-order chi connectivity index (χ0) is 10.8. The largest absolute Gasteiger partial charge is 0.322 e. The predicted octanol–water partition coefficient (Wildman–Crippen LogP) is 0.948. The van der Waals surface area contributed by atoms with Gasteiger partial charge >= 0.3 is 0 Å². The first-order chi connectivity index (χ1) is 6.70. The van der Waals surface area contributed by atoms with Crippen molar-refractivity contribution in [2.24, 2.45) is 5.73 Å². The maximum absolute atomic E-state index is 11.1. The SMILES string of the molecule is CCCCCCCC(=O)NC(=O)CN. The molecule has 4 heteroatoms. The minimum atomic E-state index is -0.399. The van der Waals surface area contributed by atoms with E-state index < -0.39 is 5.91 Å². The topological polar surface area (TPSA) is 72.2 Å². The maximum Gasteiger partial charge on any atom is 0.240 e. The standard InChI is InChI=1S/C10H20N2O2/c1-2-3-4-5-6-7-9(13)12-10(14)8-11/h2-8,11H2,1H3,(H,12,13,14). The van der Waals surface area contributed by atoms with Crippen molar-refractivity contribution in [2.45, 2.75) is 45.4 Å². The molecular formula is C10H20N2O2. The van der Waals surface area contributed by atoms with Gasteiger partial charge < -0.3 is 5.73 Å². The van der Waals surface area contributed by atoms with Gasteiger partial charge in [0.05, 0.1) is 6.54 Å². The molecule has 0 fully saturated rings. The molecule has 0 atom stereocenters. The van der Waals surface area contributed by atoms with Gasteiger partial charge in [0.25, 0.3) is 0 Å². The summed E-state index contributed by atoms with van der Waals surface area (Å²) in [6.07, 6.45) is 5.90. The van der Waals surface area contributed by atoms with Gasteiger partial charge in [-0.2, -0.15) is 0 Å². The van der Waals surface area contributed by atoms with Crippen LogP contribution in [-0.2, 0) is 9.59 Å². The number of imide groups is 1. The normalized spacial score (nSPS) is 9.86. The molecule has 0 saturated carbocycles. The molecule has 0 aromatic carbocycles. The van der Waals surface area contributed by atoms with E-state index in [1.165, 1.54) is 12.8 Å². The van der Waals surface area contributed by atoms with Crippen LogP contribution in [0.4, 0.5) is 0 Å². The molecule has 0 spiro atoms. The summed E-state index contributed by atoms with van der Waals surface area (Å²) in [4.78, 5) is 21.8. The van der Waals surface area contributed by atoms with Crippen molar-refractivity contribution < 1.29 is 9.59 Å². The molecule has 3 N–H and O–H groups in total. The summed E-state index contributed by atoms with van der Waals surface area (Å²) in [5.41, 5.74) is 5.05. The molecular weight excluding hydrogens is 180 g/mol. The van der Waals surface area contributed by atoms with Gasteiger partial charge in [0.2, 0.25) is 11.8 Å². The van der Waals surface area contributed by atoms with Crippen LogP contribution in [0.2, 0.25) is 0 Å². The molecule has 0 radical (unpaired) electrons. The van der Waals surface area contributed by atoms with Gasteiger partial charge in [-0.3, -0.25) is 14.9 Å². The lowest BCUT2D eigenvalue weighted by Crippen LogP contribution is -2.35. The first-order valence-electron chi connectivity index (χ1n) is 5.23. The fourth-order valence-corrected chi connectivity index (χ4v) is 1.16. The molecule has 0 rings (SSSR count). The fraction of sp³-hybridized carbons (Fsp3) is 0.800. The molecule has 0 aromatic rings. The van der Waals surface area contributed by atoms with Crippen LogP contribution in [0.1, 0.15) is 45.4 Å². The van der Waals surface area contributed by atoms with E-state index >= 15 is 0 Å². The molecule has 4 nitrogen and oxygen atoms in total. The Morgan fingerprint density at radius 3 is 2.29 bits per heavy atom. The molecule has 0 heterocycles. The van der Waals surface area contributed by atoms with E-state index in [0.29, 0.717) is 6.42 Å². The van der Waals surface area contributed by atoms with Crippen LogP contribution in [0.5, 0.6) is 0 Å². The number of hydrogen-bond acceptors (Lipinski definition) is 3. The number of nitrogens with two attached hydrogens (primary N) is 1. The molecule has 0 aliphatic carbocycles. The van der Waals surface area contributed by atoms with Crippen LogP contribution in [0, 0.1) is 0 Å². The third kappa shape index (κ3) is 7.73. The summed E-state index contributed by atoms with van der Waals surface area (Å²) < 4.78 is 0. The Balaban J connectivity index is 3.31. The highest BCUT2D eigenvalue weighted by Crippen LogP contribution is 2.04. The van der Waals surface area contributed by atoms with E-state index in [-0.39, 0.29) is 12.5 Å². The monoisotopic (exact) mass is 200 g/mol. The van der Waals surface area contributed by atoms with E-state index in [9.17, 15) is 9.59 Å². The summed E-state index contributed by atoms with van der Waals surface area (Å²) in [6, 6.07) is 0. The number of amides is 2. The predicted molar refractivity (Wildman–Crippen MR) is 55.6 cm³/mol. The number of carbonyl (C=O) groups is 2. The smallest absolute Gasteiger partial charge is 0.240 e. The molecule has 0 aliphatic heterocycles. The molecule has 0 aromatic heterocycles. The van der Waals surface area contributed by atoms with E-state index in [4.69, 9.17) is 5.73 Å². The summed E-state index contributed by atoms with van der Waals surface area (Å²) in [5, 5.41) is 2.22. The molecule has 2 amide bonds. The van der Waals surface area contributed by atoms with E-state index in [2.05, 4.69) is 12.2 Å². The third-order valence-electron chi connectivity index (χ3n) is 1.97. The zero-order valence-corrected chi connectivity index (χ0v) is 8.84. The molecule has 0 saturated heterocycles. The van der Waals surface area contributed by atoms with Crippen molar-refractivity contribution in [3.8, 4) is 0 Å². The van der Waals surface area contributed by atoms with E-state index in [1.54, 1.807) is 0 Å². The average Bonchev–Trinajstić information content (AvgIpc) is 2.17. The highest BCUT2D eigenvalue weighted by atomic mass is 16.2. The maximum atomic E-state index is 11.1. The van der Waals surface area contributed by atoms with Crippen LogP contribution in [0.3, 0.4) is 0 Å². The molecule has 14 heavy (non-hydrogen) atoms. The van der Waals surface area contributed by atoms with Crippen molar-refractivity contribution in [1.29, 1.82) is 0 Å². The summed E-state index contributed by atoms with van der Waals surface area (Å²) >= 11 is 0. The minimum absolute atomic E-state index is 0.123. The fourth-order valence-electron chi connectivity index (χ4n) is 1.16. The third-order valence-corrected chi connectivity index (χ3v) is 1.97. The van der Waals surface area contributed by atoms with Gasteiger partial charge in [0.1, 0.15) is 0 Å². The Morgan fingerprint density at radius 1 is 1.07 bits per heavy atom. The van der Waals surface area contributed by atoms with Crippen LogP contribution < -0.4 is 11.1 Å². The number of carbonyl (C=O) groups excluding carboxylic acids is 2. The van der Waals surface area contributed by atoms with Crippen molar-refractivity contribution in [3.63, 3.8) is 0 Å². The van der Waals surface area contributed by atoms with Gasteiger partial charge in [-0.15, -0.1) is 0 Å². The Morgan fingerprint density at radius 2 is 1.71 bits per heavy atom. The Labute approximate surface area is 85.2 Å². The lowest BCUT2D eigenvalue weighted by atomic mass is 10.1.